The van der Waals surface area contributed by atoms with Crippen LogP contribution in [0, 0.1) is 0 Å². The molecule has 0 radical (unpaired) electrons. The zero-order valence-corrected chi connectivity index (χ0v) is 11.2. The highest BCUT2D eigenvalue weighted by atomic mass is 35.5. The Labute approximate surface area is 107 Å². The van der Waals surface area contributed by atoms with E-state index in [1.807, 2.05) is 0 Å². The Balaban J connectivity index is 2.16. The number of aromatic nitrogens is 2. The normalized spacial score (nSPS) is 17.4. The van der Waals surface area contributed by atoms with E-state index in [0.29, 0.717) is 11.1 Å². The summed E-state index contributed by atoms with van der Waals surface area (Å²) < 4.78 is 0. The maximum absolute atomic E-state index is 6.13. The van der Waals surface area contributed by atoms with Gasteiger partial charge >= 0.3 is 0 Å². The van der Waals surface area contributed by atoms with Gasteiger partial charge in [-0.25, -0.2) is 15.0 Å². The van der Waals surface area contributed by atoms with Crippen molar-refractivity contribution in [2.24, 2.45) is 0 Å². The van der Waals surface area contributed by atoms with E-state index < -0.39 is 0 Å². The van der Waals surface area contributed by atoms with Crippen LogP contribution < -0.4 is 5.43 Å². The second-order valence-electron chi connectivity index (χ2n) is 4.74. The minimum absolute atomic E-state index is 0.316. The minimum Gasteiger partial charge on any atom is -0.303 e. The van der Waals surface area contributed by atoms with Gasteiger partial charge < -0.3 is 5.43 Å². The smallest absolute Gasteiger partial charge is 0.148 e. The molecule has 1 N–H and O–H groups in total. The SMILES string of the molecule is CC(C)c1c(Cl)ncnc1NN1CCCCC1. The molecule has 94 valence electrons. The van der Waals surface area contributed by atoms with Crippen molar-refractivity contribution in [3.8, 4) is 0 Å². The molecule has 1 aromatic heterocycles. The molecule has 17 heavy (non-hydrogen) atoms. The zero-order chi connectivity index (χ0) is 12.3. The third-order valence-corrected chi connectivity index (χ3v) is 3.33. The number of anilines is 1. The fraction of sp³-hybridized carbons (Fsp3) is 0.667. The lowest BCUT2D eigenvalue weighted by Crippen LogP contribution is -2.35. The first kappa shape index (κ1) is 12.6. The standard InChI is InChI=1S/C12H19ClN4/c1-9(2)10-11(13)14-8-15-12(10)16-17-6-4-3-5-7-17/h8-9H,3-7H2,1-2H3,(H,14,15,16). The molecule has 0 spiro atoms. The van der Waals surface area contributed by atoms with Crippen LogP contribution >= 0.6 is 11.6 Å². The molecule has 0 amide bonds. The Kier molecular flexibility index (Phi) is 4.18. The van der Waals surface area contributed by atoms with Crippen molar-refractivity contribution in [1.29, 1.82) is 0 Å². The Hall–Kier alpha value is -0.870. The highest BCUT2D eigenvalue weighted by molar-refractivity contribution is 6.30. The average Bonchev–Trinajstić information content (AvgIpc) is 2.30. The second-order valence-corrected chi connectivity index (χ2v) is 5.10. The summed E-state index contributed by atoms with van der Waals surface area (Å²) in [5.41, 5.74) is 4.37. The maximum atomic E-state index is 6.13. The highest BCUT2D eigenvalue weighted by Crippen LogP contribution is 2.28. The Morgan fingerprint density at radius 3 is 2.59 bits per heavy atom. The Morgan fingerprint density at radius 1 is 1.24 bits per heavy atom. The van der Waals surface area contributed by atoms with E-state index in [1.54, 1.807) is 0 Å². The fourth-order valence-corrected chi connectivity index (χ4v) is 2.48. The van der Waals surface area contributed by atoms with Crippen molar-refractivity contribution >= 4 is 17.4 Å². The van der Waals surface area contributed by atoms with Crippen LogP contribution in [0.2, 0.25) is 5.15 Å². The number of hydrogen-bond donors (Lipinski definition) is 1. The zero-order valence-electron chi connectivity index (χ0n) is 10.4. The summed E-state index contributed by atoms with van der Waals surface area (Å²) in [7, 11) is 0. The Bertz CT molecular complexity index is 375. The summed E-state index contributed by atoms with van der Waals surface area (Å²) in [5, 5.41) is 2.77. The van der Waals surface area contributed by atoms with Crippen LogP contribution in [-0.2, 0) is 0 Å². The van der Waals surface area contributed by atoms with Crippen molar-refractivity contribution < 1.29 is 0 Å². The Morgan fingerprint density at radius 2 is 1.94 bits per heavy atom. The molecule has 1 fully saturated rings. The van der Waals surface area contributed by atoms with E-state index in [9.17, 15) is 0 Å². The van der Waals surface area contributed by atoms with Gasteiger partial charge in [0.2, 0.25) is 0 Å². The minimum atomic E-state index is 0.316. The second kappa shape index (κ2) is 5.65. The molecule has 1 aromatic rings. The molecular weight excluding hydrogens is 236 g/mol. The summed E-state index contributed by atoms with van der Waals surface area (Å²) in [4.78, 5) is 8.36. The highest BCUT2D eigenvalue weighted by Gasteiger charge is 2.16. The van der Waals surface area contributed by atoms with Crippen molar-refractivity contribution in [2.45, 2.75) is 39.0 Å². The van der Waals surface area contributed by atoms with Crippen molar-refractivity contribution in [1.82, 2.24) is 15.0 Å². The van der Waals surface area contributed by atoms with Crippen molar-refractivity contribution in [3.05, 3.63) is 17.0 Å². The third kappa shape index (κ3) is 3.07. The largest absolute Gasteiger partial charge is 0.303 e. The lowest BCUT2D eigenvalue weighted by Gasteiger charge is -2.28. The van der Waals surface area contributed by atoms with Crippen LogP contribution in [0.15, 0.2) is 6.33 Å². The number of nitrogens with one attached hydrogen (secondary N) is 1. The predicted octanol–water partition coefficient (Wildman–Crippen LogP) is 3.07. The first-order valence-corrected chi connectivity index (χ1v) is 6.58. The molecule has 1 saturated heterocycles. The van der Waals surface area contributed by atoms with Gasteiger partial charge in [-0.1, -0.05) is 31.9 Å². The number of nitrogens with zero attached hydrogens (tertiary/aromatic N) is 3. The van der Waals surface area contributed by atoms with Crippen molar-refractivity contribution in [3.63, 3.8) is 0 Å². The van der Waals surface area contributed by atoms with Gasteiger partial charge in [0.25, 0.3) is 0 Å². The van der Waals surface area contributed by atoms with Crippen LogP contribution in [0.1, 0.15) is 44.6 Å². The van der Waals surface area contributed by atoms with Gasteiger partial charge in [0.1, 0.15) is 17.3 Å². The maximum Gasteiger partial charge on any atom is 0.148 e. The molecular formula is C12H19ClN4. The van der Waals surface area contributed by atoms with E-state index >= 15 is 0 Å². The first-order chi connectivity index (χ1) is 8.18. The molecule has 1 aliphatic heterocycles. The monoisotopic (exact) mass is 254 g/mol. The summed E-state index contributed by atoms with van der Waals surface area (Å²) in [6.45, 7) is 6.34. The van der Waals surface area contributed by atoms with Crippen LogP contribution in [-0.4, -0.2) is 28.1 Å². The van der Waals surface area contributed by atoms with Gasteiger partial charge in [0, 0.05) is 18.7 Å². The number of rotatable bonds is 3. The molecule has 5 heteroatoms. The predicted molar refractivity (Wildman–Crippen MR) is 70.2 cm³/mol. The summed E-state index contributed by atoms with van der Waals surface area (Å²) >= 11 is 6.13. The van der Waals surface area contributed by atoms with Crippen LogP contribution in [0.4, 0.5) is 5.82 Å². The van der Waals surface area contributed by atoms with Crippen LogP contribution in [0.25, 0.3) is 0 Å². The molecule has 2 heterocycles. The number of halogens is 1. The lowest BCUT2D eigenvalue weighted by molar-refractivity contribution is 0.272. The van der Waals surface area contributed by atoms with Crippen LogP contribution in [0.3, 0.4) is 0 Å². The van der Waals surface area contributed by atoms with E-state index in [1.165, 1.54) is 25.6 Å². The van der Waals surface area contributed by atoms with Gasteiger partial charge in [0.15, 0.2) is 0 Å². The molecule has 0 saturated carbocycles. The van der Waals surface area contributed by atoms with Gasteiger partial charge in [-0.05, 0) is 18.8 Å². The average molecular weight is 255 g/mol. The molecule has 1 aliphatic rings. The van der Waals surface area contributed by atoms with Gasteiger partial charge in [-0.15, -0.1) is 0 Å². The van der Waals surface area contributed by atoms with Crippen molar-refractivity contribution in [2.75, 3.05) is 18.5 Å². The topological polar surface area (TPSA) is 41.1 Å². The van der Waals surface area contributed by atoms with E-state index in [-0.39, 0.29) is 0 Å². The number of hydrogen-bond acceptors (Lipinski definition) is 4. The lowest BCUT2D eigenvalue weighted by atomic mass is 10.1. The molecule has 2 rings (SSSR count). The van der Waals surface area contributed by atoms with E-state index in [2.05, 4.69) is 34.3 Å². The first-order valence-electron chi connectivity index (χ1n) is 6.20. The van der Waals surface area contributed by atoms with E-state index in [0.717, 1.165) is 24.5 Å². The molecule has 0 unspecified atom stereocenters. The number of hydrazine groups is 1. The van der Waals surface area contributed by atoms with E-state index in [4.69, 9.17) is 11.6 Å². The van der Waals surface area contributed by atoms with Gasteiger partial charge in [-0.3, -0.25) is 0 Å². The van der Waals surface area contributed by atoms with Crippen LogP contribution in [0.5, 0.6) is 0 Å². The summed E-state index contributed by atoms with van der Waals surface area (Å²) in [6, 6.07) is 0. The summed E-state index contributed by atoms with van der Waals surface area (Å²) in [6.07, 6.45) is 5.31. The molecule has 4 nitrogen and oxygen atoms in total. The third-order valence-electron chi connectivity index (χ3n) is 3.03. The molecule has 0 bridgehead atoms. The molecule has 0 atom stereocenters. The quantitative estimate of drug-likeness (QED) is 0.842. The molecule has 0 aromatic carbocycles. The van der Waals surface area contributed by atoms with Gasteiger partial charge in [-0.2, -0.15) is 0 Å². The molecule has 0 aliphatic carbocycles. The number of piperidine rings is 1. The summed E-state index contributed by atoms with van der Waals surface area (Å²) in [5.74, 6) is 1.16. The fourth-order valence-electron chi connectivity index (χ4n) is 2.13. The van der Waals surface area contributed by atoms with Gasteiger partial charge in [0.05, 0.1) is 0 Å².